The minimum absolute atomic E-state index is 0.0291. The molecule has 0 aliphatic carbocycles. The number of nitrogens with one attached hydrogen (secondary N) is 1. The molecule has 5 heteroatoms. The Morgan fingerprint density at radius 2 is 1.87 bits per heavy atom. The minimum Gasteiger partial charge on any atom is -0.324 e. The van der Waals surface area contributed by atoms with Gasteiger partial charge in [0.1, 0.15) is 0 Å². The molecule has 0 spiro atoms. The van der Waals surface area contributed by atoms with Gasteiger partial charge in [0.25, 0.3) is 0 Å². The van der Waals surface area contributed by atoms with Gasteiger partial charge in [0, 0.05) is 18.7 Å². The number of halogens is 1. The van der Waals surface area contributed by atoms with Crippen molar-refractivity contribution in [2.45, 2.75) is 13.3 Å². The quantitative estimate of drug-likeness (QED) is 0.935. The molecule has 0 aromatic heterocycles. The largest absolute Gasteiger partial charge is 0.324 e. The number of hydrogen-bond donors (Lipinski definition) is 1. The van der Waals surface area contributed by atoms with E-state index >= 15 is 0 Å². The van der Waals surface area contributed by atoms with Gasteiger partial charge in [0.15, 0.2) is 0 Å². The highest BCUT2D eigenvalue weighted by Crippen LogP contribution is 2.29. The SMILES string of the molecule is Cc1ccccc1N1CC(C(=O)Nc2ccccc2Cl)CC1=O. The van der Waals surface area contributed by atoms with Crippen molar-refractivity contribution in [3.05, 3.63) is 59.1 Å². The van der Waals surface area contributed by atoms with Crippen LogP contribution in [0.25, 0.3) is 0 Å². The first-order valence-electron chi connectivity index (χ1n) is 7.47. The monoisotopic (exact) mass is 328 g/mol. The number of para-hydroxylation sites is 2. The molecule has 0 saturated carbocycles. The summed E-state index contributed by atoms with van der Waals surface area (Å²) in [5, 5.41) is 3.30. The summed E-state index contributed by atoms with van der Waals surface area (Å²) in [6, 6.07) is 14.8. The molecule has 0 radical (unpaired) electrons. The van der Waals surface area contributed by atoms with E-state index in [2.05, 4.69) is 5.32 Å². The summed E-state index contributed by atoms with van der Waals surface area (Å²) in [5.41, 5.74) is 2.46. The fraction of sp³-hybridized carbons (Fsp3) is 0.222. The fourth-order valence-corrected chi connectivity index (χ4v) is 2.96. The second-order valence-corrected chi connectivity index (χ2v) is 6.07. The molecule has 0 bridgehead atoms. The standard InChI is InChI=1S/C18H17ClN2O2/c1-12-6-2-5-9-16(12)21-11-13(10-17(21)22)18(23)20-15-8-4-3-7-14(15)19/h2-9,13H,10-11H2,1H3,(H,20,23). The number of rotatable bonds is 3. The van der Waals surface area contributed by atoms with Crippen molar-refractivity contribution in [3.63, 3.8) is 0 Å². The average Bonchev–Trinajstić information content (AvgIpc) is 2.92. The van der Waals surface area contributed by atoms with Crippen molar-refractivity contribution in [2.75, 3.05) is 16.8 Å². The van der Waals surface area contributed by atoms with Gasteiger partial charge in [-0.25, -0.2) is 0 Å². The predicted octanol–water partition coefficient (Wildman–Crippen LogP) is 3.64. The molecule has 2 aromatic carbocycles. The zero-order valence-corrected chi connectivity index (χ0v) is 13.5. The second kappa shape index (κ2) is 6.42. The predicted molar refractivity (Wildman–Crippen MR) is 91.7 cm³/mol. The molecule has 2 aromatic rings. The molecule has 2 amide bonds. The summed E-state index contributed by atoms with van der Waals surface area (Å²) in [5.74, 6) is -0.584. The first-order valence-corrected chi connectivity index (χ1v) is 7.85. The number of hydrogen-bond acceptors (Lipinski definition) is 2. The van der Waals surface area contributed by atoms with Crippen LogP contribution in [-0.2, 0) is 9.59 Å². The molecular formula is C18H17ClN2O2. The van der Waals surface area contributed by atoms with Gasteiger partial charge in [-0.05, 0) is 30.7 Å². The van der Waals surface area contributed by atoms with Crippen LogP contribution in [0, 0.1) is 12.8 Å². The van der Waals surface area contributed by atoms with E-state index in [4.69, 9.17) is 11.6 Å². The van der Waals surface area contributed by atoms with Crippen LogP contribution in [0.1, 0.15) is 12.0 Å². The number of benzene rings is 2. The van der Waals surface area contributed by atoms with Crippen LogP contribution >= 0.6 is 11.6 Å². The van der Waals surface area contributed by atoms with Crippen molar-refractivity contribution < 1.29 is 9.59 Å². The summed E-state index contributed by atoms with van der Waals surface area (Å²) >= 11 is 6.06. The zero-order chi connectivity index (χ0) is 16.4. The third-order valence-corrected chi connectivity index (χ3v) is 4.36. The Morgan fingerprint density at radius 3 is 2.61 bits per heavy atom. The molecule has 1 atom stereocenters. The van der Waals surface area contributed by atoms with Crippen LogP contribution in [0.15, 0.2) is 48.5 Å². The van der Waals surface area contributed by atoms with Gasteiger partial charge in [-0.15, -0.1) is 0 Å². The zero-order valence-electron chi connectivity index (χ0n) is 12.8. The minimum atomic E-state index is -0.377. The van der Waals surface area contributed by atoms with Gasteiger partial charge in [0.05, 0.1) is 16.6 Å². The Balaban J connectivity index is 1.74. The van der Waals surface area contributed by atoms with Gasteiger partial charge < -0.3 is 10.2 Å². The van der Waals surface area contributed by atoms with Gasteiger partial charge in [-0.3, -0.25) is 9.59 Å². The molecule has 1 aliphatic heterocycles. The maximum absolute atomic E-state index is 12.4. The summed E-state index contributed by atoms with van der Waals surface area (Å²) in [4.78, 5) is 26.4. The number of carbonyl (C=O) groups excluding carboxylic acids is 2. The lowest BCUT2D eigenvalue weighted by molar-refractivity contribution is -0.122. The Hall–Kier alpha value is -2.33. The second-order valence-electron chi connectivity index (χ2n) is 5.66. The molecule has 1 saturated heterocycles. The van der Waals surface area contributed by atoms with Gasteiger partial charge in [0.2, 0.25) is 11.8 Å². The van der Waals surface area contributed by atoms with Crippen LogP contribution in [0.5, 0.6) is 0 Å². The third-order valence-electron chi connectivity index (χ3n) is 4.03. The van der Waals surface area contributed by atoms with Crippen molar-refractivity contribution >= 4 is 34.8 Å². The molecule has 23 heavy (non-hydrogen) atoms. The maximum Gasteiger partial charge on any atom is 0.229 e. The molecule has 1 unspecified atom stereocenters. The Labute approximate surface area is 140 Å². The normalized spacial score (nSPS) is 17.4. The van der Waals surface area contributed by atoms with E-state index in [0.29, 0.717) is 17.3 Å². The summed E-state index contributed by atoms with van der Waals surface area (Å²) < 4.78 is 0. The molecule has 3 rings (SSSR count). The van der Waals surface area contributed by atoms with Gasteiger partial charge in [-0.1, -0.05) is 41.9 Å². The highest BCUT2D eigenvalue weighted by molar-refractivity contribution is 6.33. The van der Waals surface area contributed by atoms with E-state index in [0.717, 1.165) is 11.3 Å². The molecule has 4 nitrogen and oxygen atoms in total. The van der Waals surface area contributed by atoms with E-state index in [-0.39, 0.29) is 24.2 Å². The molecule has 1 fully saturated rings. The number of anilines is 2. The van der Waals surface area contributed by atoms with Crippen molar-refractivity contribution in [1.29, 1.82) is 0 Å². The Morgan fingerprint density at radius 1 is 1.17 bits per heavy atom. The van der Waals surface area contributed by atoms with E-state index < -0.39 is 0 Å². The van der Waals surface area contributed by atoms with Crippen molar-refractivity contribution in [2.24, 2.45) is 5.92 Å². The molecular weight excluding hydrogens is 312 g/mol. The van der Waals surface area contributed by atoms with Crippen molar-refractivity contribution in [3.8, 4) is 0 Å². The van der Waals surface area contributed by atoms with E-state index in [1.54, 1.807) is 29.2 Å². The Bertz CT molecular complexity index is 760. The molecule has 1 N–H and O–H groups in total. The van der Waals surface area contributed by atoms with E-state index in [9.17, 15) is 9.59 Å². The van der Waals surface area contributed by atoms with Crippen LogP contribution in [0.4, 0.5) is 11.4 Å². The first-order chi connectivity index (χ1) is 11.1. The van der Waals surface area contributed by atoms with Crippen molar-refractivity contribution in [1.82, 2.24) is 0 Å². The molecule has 1 heterocycles. The van der Waals surface area contributed by atoms with Crippen LogP contribution in [-0.4, -0.2) is 18.4 Å². The van der Waals surface area contributed by atoms with E-state index in [1.807, 2.05) is 31.2 Å². The lowest BCUT2D eigenvalue weighted by Gasteiger charge is -2.19. The number of nitrogens with zero attached hydrogens (tertiary/aromatic N) is 1. The van der Waals surface area contributed by atoms with Crippen LogP contribution < -0.4 is 10.2 Å². The lowest BCUT2D eigenvalue weighted by atomic mass is 10.1. The number of carbonyl (C=O) groups is 2. The maximum atomic E-state index is 12.4. The first kappa shape index (κ1) is 15.6. The van der Waals surface area contributed by atoms with Gasteiger partial charge >= 0.3 is 0 Å². The number of amides is 2. The average molecular weight is 329 g/mol. The Kier molecular flexibility index (Phi) is 4.35. The molecule has 118 valence electrons. The third kappa shape index (κ3) is 3.22. The number of aryl methyl sites for hydroxylation is 1. The van der Waals surface area contributed by atoms with Crippen LogP contribution in [0.2, 0.25) is 5.02 Å². The summed E-state index contributed by atoms with van der Waals surface area (Å²) in [6.07, 6.45) is 0.213. The summed E-state index contributed by atoms with van der Waals surface area (Å²) in [7, 11) is 0. The van der Waals surface area contributed by atoms with Gasteiger partial charge in [-0.2, -0.15) is 0 Å². The smallest absolute Gasteiger partial charge is 0.229 e. The summed E-state index contributed by atoms with van der Waals surface area (Å²) in [6.45, 7) is 2.35. The molecule has 1 aliphatic rings. The highest BCUT2D eigenvalue weighted by atomic mass is 35.5. The lowest BCUT2D eigenvalue weighted by Crippen LogP contribution is -2.28. The van der Waals surface area contributed by atoms with E-state index in [1.165, 1.54) is 0 Å². The highest BCUT2D eigenvalue weighted by Gasteiger charge is 2.35. The van der Waals surface area contributed by atoms with Crippen LogP contribution in [0.3, 0.4) is 0 Å². The fourth-order valence-electron chi connectivity index (χ4n) is 2.78. The topological polar surface area (TPSA) is 49.4 Å².